The van der Waals surface area contributed by atoms with Crippen LogP contribution >= 0.6 is 0 Å². The summed E-state index contributed by atoms with van der Waals surface area (Å²) in [5.41, 5.74) is 1.43. The van der Waals surface area contributed by atoms with E-state index in [4.69, 9.17) is 0 Å². The number of fused-ring (bicyclic) bond motifs is 1. The van der Waals surface area contributed by atoms with Gasteiger partial charge in [0.1, 0.15) is 11.3 Å². The van der Waals surface area contributed by atoms with Crippen molar-refractivity contribution in [2.24, 2.45) is 0 Å². The summed E-state index contributed by atoms with van der Waals surface area (Å²) in [6.07, 6.45) is 9.45. The maximum atomic E-state index is 12.2. The molecule has 18 heavy (non-hydrogen) atoms. The van der Waals surface area contributed by atoms with Gasteiger partial charge < -0.3 is 5.32 Å². The van der Waals surface area contributed by atoms with Gasteiger partial charge in [0.15, 0.2) is 0 Å². The van der Waals surface area contributed by atoms with Crippen LogP contribution in [-0.2, 0) is 0 Å². The Morgan fingerprint density at radius 3 is 2.94 bits per heavy atom. The second-order valence-electron chi connectivity index (χ2n) is 4.88. The Balaban J connectivity index is 1.79. The number of rotatable bonds is 2. The predicted octanol–water partition coefficient (Wildman–Crippen LogP) is 2.40. The van der Waals surface area contributed by atoms with Gasteiger partial charge in [-0.1, -0.05) is 25.3 Å². The molecule has 1 saturated carbocycles. The van der Waals surface area contributed by atoms with Crippen molar-refractivity contribution in [3.05, 3.63) is 36.3 Å². The van der Waals surface area contributed by atoms with E-state index in [-0.39, 0.29) is 5.91 Å². The molecule has 2 heterocycles. The lowest BCUT2D eigenvalue weighted by molar-refractivity contribution is 0.0922. The first kappa shape index (κ1) is 11.3. The van der Waals surface area contributed by atoms with E-state index in [0.717, 1.165) is 18.5 Å². The summed E-state index contributed by atoms with van der Waals surface area (Å²) in [6.45, 7) is 0. The second-order valence-corrected chi connectivity index (χ2v) is 4.88. The molecular formula is C14H17N3O. The minimum atomic E-state index is -0.0133. The Labute approximate surface area is 106 Å². The van der Waals surface area contributed by atoms with E-state index in [9.17, 15) is 4.79 Å². The van der Waals surface area contributed by atoms with Crippen molar-refractivity contribution in [3.63, 3.8) is 0 Å². The minimum Gasteiger partial charge on any atom is -0.348 e. The van der Waals surface area contributed by atoms with Crippen molar-refractivity contribution < 1.29 is 4.79 Å². The zero-order valence-corrected chi connectivity index (χ0v) is 10.3. The van der Waals surface area contributed by atoms with Crippen molar-refractivity contribution in [2.45, 2.75) is 38.1 Å². The molecule has 0 unspecified atom stereocenters. The lowest BCUT2D eigenvalue weighted by Crippen LogP contribution is -2.36. The van der Waals surface area contributed by atoms with E-state index in [1.54, 1.807) is 6.20 Å². The average Bonchev–Trinajstić information content (AvgIpc) is 2.84. The summed E-state index contributed by atoms with van der Waals surface area (Å²) in [7, 11) is 0. The molecule has 0 bridgehead atoms. The molecule has 2 aromatic rings. The molecule has 0 saturated heterocycles. The van der Waals surface area contributed by atoms with E-state index in [2.05, 4.69) is 10.3 Å². The molecule has 3 rings (SSSR count). The van der Waals surface area contributed by atoms with Gasteiger partial charge in [0.25, 0.3) is 5.91 Å². The number of hydrogen-bond donors (Lipinski definition) is 1. The smallest absolute Gasteiger partial charge is 0.270 e. The quantitative estimate of drug-likeness (QED) is 0.880. The lowest BCUT2D eigenvalue weighted by Gasteiger charge is -2.22. The molecule has 0 atom stereocenters. The van der Waals surface area contributed by atoms with Crippen molar-refractivity contribution in [2.75, 3.05) is 0 Å². The van der Waals surface area contributed by atoms with Crippen LogP contribution in [0.25, 0.3) is 5.65 Å². The summed E-state index contributed by atoms with van der Waals surface area (Å²) < 4.78 is 1.83. The number of pyridine rings is 1. The normalized spacial score (nSPS) is 16.9. The molecule has 4 nitrogen and oxygen atoms in total. The van der Waals surface area contributed by atoms with Crippen molar-refractivity contribution in [1.82, 2.24) is 14.7 Å². The van der Waals surface area contributed by atoms with Crippen LogP contribution in [0.5, 0.6) is 0 Å². The highest BCUT2D eigenvalue weighted by Crippen LogP contribution is 2.18. The standard InChI is InChI=1S/C14H17N3O/c18-14(16-11-6-2-1-3-7-11)12-10-15-13-8-4-5-9-17(12)13/h4-5,8-11H,1-3,6-7H2,(H,16,18). The topological polar surface area (TPSA) is 46.4 Å². The van der Waals surface area contributed by atoms with Crippen LogP contribution in [0, 0.1) is 0 Å². The van der Waals surface area contributed by atoms with Gasteiger partial charge in [-0.05, 0) is 25.0 Å². The number of nitrogens with zero attached hydrogens (tertiary/aromatic N) is 2. The number of nitrogens with one attached hydrogen (secondary N) is 1. The van der Waals surface area contributed by atoms with Gasteiger partial charge in [-0.3, -0.25) is 9.20 Å². The predicted molar refractivity (Wildman–Crippen MR) is 69.5 cm³/mol. The van der Waals surface area contributed by atoms with E-state index in [0.29, 0.717) is 11.7 Å². The van der Waals surface area contributed by atoms with Gasteiger partial charge >= 0.3 is 0 Å². The van der Waals surface area contributed by atoms with E-state index in [1.807, 2.05) is 28.8 Å². The SMILES string of the molecule is O=C(NC1CCCCC1)c1cnc2ccccn12. The Morgan fingerprint density at radius 1 is 1.28 bits per heavy atom. The summed E-state index contributed by atoms with van der Waals surface area (Å²) in [4.78, 5) is 16.5. The van der Waals surface area contributed by atoms with Crippen LogP contribution in [0.1, 0.15) is 42.6 Å². The first-order valence-electron chi connectivity index (χ1n) is 6.57. The van der Waals surface area contributed by atoms with Gasteiger partial charge in [0.05, 0.1) is 6.20 Å². The Kier molecular flexibility index (Phi) is 3.00. The number of amides is 1. The number of aromatic nitrogens is 2. The van der Waals surface area contributed by atoms with Crippen molar-refractivity contribution >= 4 is 11.6 Å². The fourth-order valence-corrected chi connectivity index (χ4v) is 2.61. The highest BCUT2D eigenvalue weighted by atomic mass is 16.2. The summed E-state index contributed by atoms with van der Waals surface area (Å²) in [5, 5.41) is 3.11. The Morgan fingerprint density at radius 2 is 2.11 bits per heavy atom. The number of imidazole rings is 1. The van der Waals surface area contributed by atoms with Crippen LogP contribution < -0.4 is 5.32 Å². The molecule has 1 fully saturated rings. The molecule has 94 valence electrons. The first-order valence-corrected chi connectivity index (χ1v) is 6.57. The third kappa shape index (κ3) is 2.10. The van der Waals surface area contributed by atoms with E-state index >= 15 is 0 Å². The fourth-order valence-electron chi connectivity index (χ4n) is 2.61. The van der Waals surface area contributed by atoms with Gasteiger partial charge in [0.2, 0.25) is 0 Å². The fraction of sp³-hybridized carbons (Fsp3) is 0.429. The molecule has 1 aliphatic carbocycles. The highest BCUT2D eigenvalue weighted by molar-refractivity contribution is 5.93. The maximum absolute atomic E-state index is 12.2. The molecule has 0 aliphatic heterocycles. The van der Waals surface area contributed by atoms with Crippen molar-refractivity contribution in [1.29, 1.82) is 0 Å². The first-order chi connectivity index (χ1) is 8.84. The number of carbonyl (C=O) groups excluding carboxylic acids is 1. The zero-order chi connectivity index (χ0) is 12.4. The lowest BCUT2D eigenvalue weighted by atomic mass is 9.95. The highest BCUT2D eigenvalue weighted by Gasteiger charge is 2.18. The number of hydrogen-bond acceptors (Lipinski definition) is 2. The molecule has 1 N–H and O–H groups in total. The van der Waals surface area contributed by atoms with Crippen molar-refractivity contribution in [3.8, 4) is 0 Å². The largest absolute Gasteiger partial charge is 0.348 e. The van der Waals surface area contributed by atoms with Crippen LogP contribution in [-0.4, -0.2) is 21.3 Å². The molecule has 0 spiro atoms. The van der Waals surface area contributed by atoms with Gasteiger partial charge in [0, 0.05) is 12.2 Å². The van der Waals surface area contributed by atoms with Crippen LogP contribution in [0.4, 0.5) is 0 Å². The van der Waals surface area contributed by atoms with Gasteiger partial charge in [-0.15, -0.1) is 0 Å². The average molecular weight is 243 g/mol. The summed E-state index contributed by atoms with van der Waals surface area (Å²) >= 11 is 0. The maximum Gasteiger partial charge on any atom is 0.270 e. The molecule has 1 aliphatic rings. The monoisotopic (exact) mass is 243 g/mol. The molecule has 2 aromatic heterocycles. The van der Waals surface area contributed by atoms with Gasteiger partial charge in [-0.2, -0.15) is 0 Å². The van der Waals surface area contributed by atoms with Gasteiger partial charge in [-0.25, -0.2) is 4.98 Å². The van der Waals surface area contributed by atoms with E-state index in [1.165, 1.54) is 19.3 Å². The molecule has 0 radical (unpaired) electrons. The van der Waals surface area contributed by atoms with Crippen LogP contribution in [0.3, 0.4) is 0 Å². The minimum absolute atomic E-state index is 0.0133. The third-order valence-corrected chi connectivity index (χ3v) is 3.59. The molecule has 0 aromatic carbocycles. The molecular weight excluding hydrogens is 226 g/mol. The summed E-state index contributed by atoms with van der Waals surface area (Å²) in [5.74, 6) is -0.0133. The molecule has 1 amide bonds. The second kappa shape index (κ2) is 4.80. The summed E-state index contributed by atoms with van der Waals surface area (Å²) in [6, 6.07) is 6.06. The Hall–Kier alpha value is -1.84. The number of carbonyl (C=O) groups is 1. The van der Waals surface area contributed by atoms with Crippen LogP contribution in [0.2, 0.25) is 0 Å². The van der Waals surface area contributed by atoms with Crippen LogP contribution in [0.15, 0.2) is 30.6 Å². The Bertz CT molecular complexity index is 555. The third-order valence-electron chi connectivity index (χ3n) is 3.59. The zero-order valence-electron chi connectivity index (χ0n) is 10.3. The molecule has 4 heteroatoms. The van der Waals surface area contributed by atoms with E-state index < -0.39 is 0 Å².